The van der Waals surface area contributed by atoms with Crippen molar-refractivity contribution in [3.63, 3.8) is 0 Å². The molecule has 5 nitrogen and oxygen atoms in total. The van der Waals surface area contributed by atoms with Crippen LogP contribution in [0.15, 0.2) is 35.1 Å². The third-order valence-electron chi connectivity index (χ3n) is 3.67. The topological polar surface area (TPSA) is 45.4 Å². The van der Waals surface area contributed by atoms with E-state index in [1.165, 1.54) is 18.5 Å². The highest BCUT2D eigenvalue weighted by atomic mass is 19.4. The zero-order valence-electron chi connectivity index (χ0n) is 11.8. The summed E-state index contributed by atoms with van der Waals surface area (Å²) in [6, 6.07) is 5.45. The molecule has 1 aliphatic rings. The fourth-order valence-corrected chi connectivity index (χ4v) is 2.50. The van der Waals surface area contributed by atoms with Crippen LogP contribution < -0.4 is 4.90 Å². The Balaban J connectivity index is 1.61. The molecule has 0 N–H and O–H groups in total. The van der Waals surface area contributed by atoms with Crippen LogP contribution in [-0.4, -0.2) is 41.3 Å². The summed E-state index contributed by atoms with van der Waals surface area (Å²) >= 11 is 0. The lowest BCUT2D eigenvalue weighted by Crippen LogP contribution is -2.46. The maximum atomic E-state index is 12.8. The van der Waals surface area contributed by atoms with Crippen LogP contribution in [0.5, 0.6) is 0 Å². The fourth-order valence-electron chi connectivity index (χ4n) is 2.50. The number of halogens is 3. The molecule has 0 spiro atoms. The monoisotopic (exact) mass is 312 g/mol. The number of anilines is 1. The van der Waals surface area contributed by atoms with E-state index in [9.17, 15) is 13.2 Å². The quantitative estimate of drug-likeness (QED) is 0.871. The third-order valence-corrected chi connectivity index (χ3v) is 3.67. The zero-order chi connectivity index (χ0) is 15.6. The van der Waals surface area contributed by atoms with Gasteiger partial charge in [0.05, 0.1) is 12.1 Å². The second-order valence-electron chi connectivity index (χ2n) is 5.14. The average molecular weight is 312 g/mol. The molecule has 118 valence electrons. The third kappa shape index (κ3) is 3.38. The number of alkyl halides is 3. The lowest BCUT2D eigenvalue weighted by Gasteiger charge is -2.35. The number of aromatic nitrogens is 2. The minimum atomic E-state index is -4.31. The molecule has 2 aromatic rings. The molecule has 8 heteroatoms. The van der Waals surface area contributed by atoms with Crippen molar-refractivity contribution in [3.8, 4) is 0 Å². The summed E-state index contributed by atoms with van der Waals surface area (Å²) < 4.78 is 43.4. The second-order valence-corrected chi connectivity index (χ2v) is 5.14. The van der Waals surface area contributed by atoms with Crippen LogP contribution in [0.4, 0.5) is 18.9 Å². The first-order valence-corrected chi connectivity index (χ1v) is 6.92. The van der Waals surface area contributed by atoms with E-state index in [2.05, 4.69) is 15.1 Å². The maximum Gasteiger partial charge on any atom is 0.416 e. The van der Waals surface area contributed by atoms with Gasteiger partial charge in [-0.15, -0.1) is 10.2 Å². The molecule has 1 aromatic heterocycles. The standard InChI is InChI=1S/C14H15F3N4O/c15-14(16,17)11-2-1-3-12(8-11)21-6-4-20(5-7-21)9-13-19-18-10-22-13/h1-3,8,10H,4-7,9H2. The Kier molecular flexibility index (Phi) is 4.02. The van der Waals surface area contributed by atoms with E-state index < -0.39 is 11.7 Å². The summed E-state index contributed by atoms with van der Waals surface area (Å²) in [6.07, 6.45) is -3.02. The minimum absolute atomic E-state index is 0.549. The largest absolute Gasteiger partial charge is 0.427 e. The Morgan fingerprint density at radius 2 is 1.91 bits per heavy atom. The number of hydrogen-bond donors (Lipinski definition) is 0. The molecule has 1 fully saturated rings. The van der Waals surface area contributed by atoms with Crippen molar-refractivity contribution in [2.45, 2.75) is 12.7 Å². The van der Waals surface area contributed by atoms with Gasteiger partial charge in [0, 0.05) is 31.9 Å². The van der Waals surface area contributed by atoms with Gasteiger partial charge in [0.2, 0.25) is 12.3 Å². The molecule has 0 radical (unpaired) electrons. The van der Waals surface area contributed by atoms with E-state index in [1.54, 1.807) is 6.07 Å². The molecular formula is C14H15F3N4O. The van der Waals surface area contributed by atoms with Crippen molar-refractivity contribution in [2.75, 3.05) is 31.1 Å². The molecule has 1 aliphatic heterocycles. The normalized spacial score (nSPS) is 17.0. The Morgan fingerprint density at radius 1 is 1.14 bits per heavy atom. The van der Waals surface area contributed by atoms with Gasteiger partial charge in [-0.3, -0.25) is 4.90 Å². The van der Waals surface area contributed by atoms with Crippen molar-refractivity contribution in [1.29, 1.82) is 0 Å². The first-order valence-electron chi connectivity index (χ1n) is 6.92. The highest BCUT2D eigenvalue weighted by Gasteiger charge is 2.31. The smallest absolute Gasteiger partial charge is 0.416 e. The van der Waals surface area contributed by atoms with Crippen LogP contribution in [-0.2, 0) is 12.7 Å². The molecule has 1 aromatic carbocycles. The fraction of sp³-hybridized carbons (Fsp3) is 0.429. The predicted octanol–water partition coefficient (Wildman–Crippen LogP) is 2.41. The van der Waals surface area contributed by atoms with Crippen molar-refractivity contribution in [3.05, 3.63) is 42.1 Å². The van der Waals surface area contributed by atoms with Gasteiger partial charge in [0.15, 0.2) is 0 Å². The highest BCUT2D eigenvalue weighted by molar-refractivity contribution is 5.49. The van der Waals surface area contributed by atoms with Crippen LogP contribution in [0.3, 0.4) is 0 Å². The number of piperazine rings is 1. The summed E-state index contributed by atoms with van der Waals surface area (Å²) in [6.45, 7) is 3.36. The Bertz CT molecular complexity index is 607. The molecule has 0 aliphatic carbocycles. The molecule has 2 heterocycles. The number of rotatable bonds is 3. The van der Waals surface area contributed by atoms with E-state index >= 15 is 0 Å². The van der Waals surface area contributed by atoms with Gasteiger partial charge in [-0.2, -0.15) is 13.2 Å². The summed E-state index contributed by atoms with van der Waals surface area (Å²) in [5.41, 5.74) is -0.00875. The van der Waals surface area contributed by atoms with Crippen molar-refractivity contribution in [2.24, 2.45) is 0 Å². The van der Waals surface area contributed by atoms with Gasteiger partial charge in [-0.05, 0) is 18.2 Å². The van der Waals surface area contributed by atoms with E-state index in [1.807, 2.05) is 4.90 Å². The first kappa shape index (κ1) is 14.8. The number of nitrogens with zero attached hydrogens (tertiary/aromatic N) is 4. The molecule has 3 rings (SSSR count). The van der Waals surface area contributed by atoms with Crippen LogP contribution in [0.1, 0.15) is 11.5 Å². The SMILES string of the molecule is FC(F)(F)c1cccc(N2CCN(Cc3nnco3)CC2)c1. The van der Waals surface area contributed by atoms with Crippen molar-refractivity contribution in [1.82, 2.24) is 15.1 Å². The molecule has 0 amide bonds. The Morgan fingerprint density at radius 3 is 2.55 bits per heavy atom. The van der Waals surface area contributed by atoms with Crippen molar-refractivity contribution < 1.29 is 17.6 Å². The zero-order valence-corrected chi connectivity index (χ0v) is 11.8. The minimum Gasteiger partial charge on any atom is -0.427 e. The number of hydrogen-bond acceptors (Lipinski definition) is 5. The van der Waals surface area contributed by atoms with Crippen LogP contribution in [0.2, 0.25) is 0 Å². The molecular weight excluding hydrogens is 297 g/mol. The van der Waals surface area contributed by atoms with Crippen LogP contribution in [0.25, 0.3) is 0 Å². The van der Waals surface area contributed by atoms with Crippen LogP contribution in [0, 0.1) is 0 Å². The van der Waals surface area contributed by atoms with E-state index in [0.717, 1.165) is 19.2 Å². The van der Waals surface area contributed by atoms with Gasteiger partial charge in [-0.1, -0.05) is 6.07 Å². The summed E-state index contributed by atoms with van der Waals surface area (Å²) in [7, 11) is 0. The molecule has 22 heavy (non-hydrogen) atoms. The van der Waals surface area contributed by atoms with Gasteiger partial charge in [0.1, 0.15) is 0 Å². The molecule has 0 saturated carbocycles. The second kappa shape index (κ2) is 5.96. The molecule has 0 unspecified atom stereocenters. The lowest BCUT2D eigenvalue weighted by atomic mass is 10.1. The summed E-state index contributed by atoms with van der Waals surface area (Å²) in [5.74, 6) is 0.549. The van der Waals surface area contributed by atoms with E-state index in [0.29, 0.717) is 31.2 Å². The van der Waals surface area contributed by atoms with Gasteiger partial charge < -0.3 is 9.32 Å². The Labute approximate surface area is 125 Å². The summed E-state index contributed by atoms with van der Waals surface area (Å²) in [5, 5.41) is 7.45. The predicted molar refractivity (Wildman–Crippen MR) is 73.2 cm³/mol. The maximum absolute atomic E-state index is 12.8. The number of benzene rings is 1. The highest BCUT2D eigenvalue weighted by Crippen LogP contribution is 2.31. The van der Waals surface area contributed by atoms with Gasteiger partial charge in [-0.25, -0.2) is 0 Å². The first-order chi connectivity index (χ1) is 10.5. The van der Waals surface area contributed by atoms with Gasteiger partial charge in [0.25, 0.3) is 0 Å². The molecule has 0 atom stereocenters. The summed E-state index contributed by atoms with van der Waals surface area (Å²) in [4.78, 5) is 4.09. The average Bonchev–Trinajstić information content (AvgIpc) is 3.00. The molecule has 1 saturated heterocycles. The van der Waals surface area contributed by atoms with Gasteiger partial charge >= 0.3 is 6.18 Å². The van der Waals surface area contributed by atoms with Crippen LogP contribution >= 0.6 is 0 Å². The van der Waals surface area contributed by atoms with E-state index in [-0.39, 0.29) is 0 Å². The Hall–Kier alpha value is -2.09. The lowest BCUT2D eigenvalue weighted by molar-refractivity contribution is -0.137. The molecule has 0 bridgehead atoms. The van der Waals surface area contributed by atoms with E-state index in [4.69, 9.17) is 4.42 Å². The van der Waals surface area contributed by atoms with Crippen molar-refractivity contribution >= 4 is 5.69 Å².